The van der Waals surface area contributed by atoms with E-state index in [0.29, 0.717) is 0 Å². The van der Waals surface area contributed by atoms with Crippen molar-refractivity contribution in [1.82, 2.24) is 0 Å². The molecule has 0 unspecified atom stereocenters. The van der Waals surface area contributed by atoms with Crippen LogP contribution in [0.3, 0.4) is 0 Å². The topological polar surface area (TPSA) is 4.10 Å². The lowest BCUT2D eigenvalue weighted by molar-refractivity contribution is -0.499. The summed E-state index contributed by atoms with van der Waals surface area (Å²) in [6.07, 6.45) is 2.09. The summed E-state index contributed by atoms with van der Waals surface area (Å²) in [6.45, 7) is 0. The van der Waals surface area contributed by atoms with Crippen molar-refractivity contribution in [2.24, 2.45) is 0 Å². The number of halogens is 1. The molecule has 0 bridgehead atoms. The predicted molar refractivity (Wildman–Crippen MR) is 65.0 cm³/mol. The molecule has 84 valence electrons. The molecule has 2 aromatic heterocycles. The first-order valence-electron chi connectivity index (χ1n) is 5.40. The van der Waals surface area contributed by atoms with E-state index in [1.807, 2.05) is 6.07 Å². The van der Waals surface area contributed by atoms with E-state index in [1.54, 1.807) is 0 Å². The molecular weight excluding hydrogens is 274 g/mol. The van der Waals surface area contributed by atoms with Gasteiger partial charge in [-0.25, -0.2) is 0 Å². The molecule has 0 N–H and O–H groups in total. The van der Waals surface area contributed by atoms with Crippen molar-refractivity contribution in [3.05, 3.63) is 72.9 Å². The molecule has 1 aromatic carbocycles. The van der Waals surface area contributed by atoms with Gasteiger partial charge in [-0.15, -0.1) is 0 Å². The van der Waals surface area contributed by atoms with Gasteiger partial charge in [0.2, 0.25) is 11.2 Å². The summed E-state index contributed by atoms with van der Waals surface area (Å²) in [5, 5.41) is 0. The third-order valence-corrected chi connectivity index (χ3v) is 2.74. The van der Waals surface area contributed by atoms with Gasteiger partial charge in [-0.1, -0.05) is 18.2 Å². The summed E-state index contributed by atoms with van der Waals surface area (Å²) in [5.74, 6) is 0. The summed E-state index contributed by atoms with van der Waals surface area (Å²) < 4.78 is 2.20. The molecule has 2 heterocycles. The molecule has 1 nitrogen and oxygen atoms in total. The molecule has 0 spiro atoms. The Morgan fingerprint density at radius 1 is 0.647 bits per heavy atom. The van der Waals surface area contributed by atoms with Gasteiger partial charge >= 0.3 is 0 Å². The van der Waals surface area contributed by atoms with Crippen molar-refractivity contribution in [3.63, 3.8) is 0 Å². The van der Waals surface area contributed by atoms with E-state index in [1.165, 1.54) is 16.8 Å². The van der Waals surface area contributed by atoms with Crippen LogP contribution in [0.25, 0.3) is 16.8 Å². The van der Waals surface area contributed by atoms with Crippen molar-refractivity contribution in [2.45, 2.75) is 0 Å². The summed E-state index contributed by atoms with van der Waals surface area (Å²) in [7, 11) is 0. The van der Waals surface area contributed by atoms with Crippen LogP contribution in [0.1, 0.15) is 0 Å². The van der Waals surface area contributed by atoms with E-state index >= 15 is 0 Å². The van der Waals surface area contributed by atoms with Gasteiger partial charge in [-0.05, 0) is 24.3 Å². The Kier molecular flexibility index (Phi) is 3.55. The zero-order chi connectivity index (χ0) is 10.8. The number of benzene rings is 1. The maximum absolute atomic E-state index is 2.20. The second-order valence-electron chi connectivity index (χ2n) is 3.77. The fourth-order valence-corrected chi connectivity index (χ4v) is 1.97. The van der Waals surface area contributed by atoms with Crippen LogP contribution in [-0.2, 0) is 0 Å². The average molecular weight is 286 g/mol. The molecule has 0 aliphatic heterocycles. The highest BCUT2D eigenvalue weighted by atomic mass is 79.9. The van der Waals surface area contributed by atoms with Crippen LogP contribution in [0.15, 0.2) is 72.9 Å². The Balaban J connectivity index is 0.00000108. The minimum Gasteiger partial charge on any atom is -1.00 e. The summed E-state index contributed by atoms with van der Waals surface area (Å²) >= 11 is 0. The SMILES string of the molecule is [Br-].c1ccc(-c2cccc3cccc[n+]23)cc1. The van der Waals surface area contributed by atoms with Gasteiger partial charge in [-0.2, -0.15) is 4.40 Å². The van der Waals surface area contributed by atoms with Gasteiger partial charge in [-0.3, -0.25) is 0 Å². The molecule has 2 heteroatoms. The Morgan fingerprint density at radius 2 is 1.35 bits per heavy atom. The molecule has 0 radical (unpaired) electrons. The van der Waals surface area contributed by atoms with Gasteiger partial charge in [0, 0.05) is 29.8 Å². The smallest absolute Gasteiger partial charge is 0.218 e. The van der Waals surface area contributed by atoms with Crippen LogP contribution < -0.4 is 21.4 Å². The van der Waals surface area contributed by atoms with Crippen molar-refractivity contribution in [1.29, 1.82) is 0 Å². The fraction of sp³-hybridized carbons (Fsp3) is 0. The molecule has 0 aliphatic carbocycles. The van der Waals surface area contributed by atoms with Crippen LogP contribution in [0, 0.1) is 0 Å². The van der Waals surface area contributed by atoms with Crippen molar-refractivity contribution >= 4 is 5.52 Å². The fourth-order valence-electron chi connectivity index (χ4n) is 1.97. The Morgan fingerprint density at radius 3 is 2.18 bits per heavy atom. The minimum absolute atomic E-state index is 0. The minimum atomic E-state index is 0. The van der Waals surface area contributed by atoms with Gasteiger partial charge < -0.3 is 17.0 Å². The van der Waals surface area contributed by atoms with Gasteiger partial charge in [0.1, 0.15) is 0 Å². The maximum atomic E-state index is 2.20. The quantitative estimate of drug-likeness (QED) is 0.559. The molecule has 17 heavy (non-hydrogen) atoms. The second kappa shape index (κ2) is 5.11. The van der Waals surface area contributed by atoms with E-state index < -0.39 is 0 Å². The second-order valence-corrected chi connectivity index (χ2v) is 3.77. The van der Waals surface area contributed by atoms with Crippen LogP contribution in [0.2, 0.25) is 0 Å². The summed E-state index contributed by atoms with van der Waals surface area (Å²) in [6, 6.07) is 23.0. The highest BCUT2D eigenvalue weighted by molar-refractivity contribution is 5.57. The molecule has 3 rings (SSSR count). The molecule has 0 fully saturated rings. The van der Waals surface area contributed by atoms with Crippen molar-refractivity contribution in [2.75, 3.05) is 0 Å². The third kappa shape index (κ3) is 2.22. The van der Waals surface area contributed by atoms with E-state index in [0.717, 1.165) is 0 Å². The summed E-state index contributed by atoms with van der Waals surface area (Å²) in [4.78, 5) is 0. The molecule has 0 amide bonds. The van der Waals surface area contributed by atoms with Crippen molar-refractivity contribution in [3.8, 4) is 11.3 Å². The summed E-state index contributed by atoms with van der Waals surface area (Å²) in [5.41, 5.74) is 3.67. The van der Waals surface area contributed by atoms with Crippen LogP contribution in [0.4, 0.5) is 0 Å². The number of hydrogen-bond donors (Lipinski definition) is 0. The largest absolute Gasteiger partial charge is 1.00 e. The number of fused-ring (bicyclic) bond motifs is 1. The normalized spacial score (nSPS) is 9.88. The molecule has 3 aromatic rings. The maximum Gasteiger partial charge on any atom is 0.218 e. The first-order valence-corrected chi connectivity index (χ1v) is 5.40. The van der Waals surface area contributed by atoms with Gasteiger partial charge in [0.15, 0.2) is 6.20 Å². The van der Waals surface area contributed by atoms with E-state index in [9.17, 15) is 0 Å². The zero-order valence-electron chi connectivity index (χ0n) is 9.25. The number of aromatic nitrogens is 1. The first-order chi connectivity index (χ1) is 7.95. The molecular formula is C15H12BrN. The predicted octanol–water partition coefficient (Wildman–Crippen LogP) is 0.0963. The van der Waals surface area contributed by atoms with Crippen LogP contribution in [0.5, 0.6) is 0 Å². The number of rotatable bonds is 1. The average Bonchev–Trinajstić information content (AvgIpc) is 2.39. The Bertz CT molecular complexity index is 615. The van der Waals surface area contributed by atoms with Gasteiger partial charge in [0.05, 0.1) is 0 Å². The van der Waals surface area contributed by atoms with Crippen molar-refractivity contribution < 1.29 is 21.4 Å². The van der Waals surface area contributed by atoms with E-state index in [4.69, 9.17) is 0 Å². The van der Waals surface area contributed by atoms with Crippen LogP contribution in [-0.4, -0.2) is 0 Å². The highest BCUT2D eigenvalue weighted by Gasteiger charge is 2.09. The Labute approximate surface area is 111 Å². The highest BCUT2D eigenvalue weighted by Crippen LogP contribution is 2.14. The monoisotopic (exact) mass is 285 g/mol. The first kappa shape index (κ1) is 11.8. The number of pyridine rings is 2. The van der Waals surface area contributed by atoms with Gasteiger partial charge in [0.25, 0.3) is 0 Å². The molecule has 0 aliphatic rings. The Hall–Kier alpha value is -1.67. The van der Waals surface area contributed by atoms with E-state index in [-0.39, 0.29) is 17.0 Å². The number of nitrogens with zero attached hydrogens (tertiary/aromatic N) is 1. The molecule has 0 atom stereocenters. The van der Waals surface area contributed by atoms with Crippen LogP contribution >= 0.6 is 0 Å². The lowest BCUT2D eigenvalue weighted by Gasteiger charge is -1.98. The lowest BCUT2D eigenvalue weighted by atomic mass is 10.1. The lowest BCUT2D eigenvalue weighted by Crippen LogP contribution is -3.00. The standard InChI is InChI=1S/C15H12N.BrH/c1-2-7-13(8-3-1)15-11-6-10-14-9-4-5-12-16(14)15;/h1-12H;1H/q+1;/p-1. The molecule has 0 saturated heterocycles. The zero-order valence-corrected chi connectivity index (χ0v) is 10.8. The third-order valence-electron chi connectivity index (χ3n) is 2.74. The number of hydrogen-bond acceptors (Lipinski definition) is 0. The molecule has 0 saturated carbocycles. The van der Waals surface area contributed by atoms with E-state index in [2.05, 4.69) is 71.3 Å².